The molecule has 1 amide bonds. The molecule has 114 valence electrons. The minimum absolute atomic E-state index is 0.246. The normalized spacial score (nSPS) is 15.5. The van der Waals surface area contributed by atoms with Crippen LogP contribution in [-0.2, 0) is 4.74 Å². The molecule has 0 bridgehead atoms. The summed E-state index contributed by atoms with van der Waals surface area (Å²) in [5, 5.41) is 2.78. The highest BCUT2D eigenvalue weighted by Gasteiger charge is 2.16. The van der Waals surface area contributed by atoms with E-state index in [1.165, 1.54) is 0 Å². The molecule has 1 aliphatic heterocycles. The van der Waals surface area contributed by atoms with E-state index in [1.807, 2.05) is 12.1 Å². The molecule has 0 fully saturated rings. The number of pyridine rings is 1. The maximum atomic E-state index is 12.2. The van der Waals surface area contributed by atoms with Gasteiger partial charge in [0.15, 0.2) is 11.5 Å². The molecule has 0 radical (unpaired) electrons. The third-order valence-corrected chi connectivity index (χ3v) is 3.09. The third-order valence-electron chi connectivity index (χ3n) is 3.09. The number of hydrogen-bond acceptors (Lipinski definition) is 5. The molecule has 1 aromatic carbocycles. The van der Waals surface area contributed by atoms with Gasteiger partial charge in [-0.25, -0.2) is 4.98 Å². The molecule has 2 heterocycles. The first-order valence-corrected chi connectivity index (χ1v) is 7.05. The lowest BCUT2D eigenvalue weighted by Gasteiger charge is -2.12. The van der Waals surface area contributed by atoms with Crippen molar-refractivity contribution in [3.8, 4) is 17.4 Å². The first-order valence-electron chi connectivity index (χ1n) is 7.05. The Labute approximate surface area is 128 Å². The van der Waals surface area contributed by atoms with Gasteiger partial charge in [-0.1, -0.05) is 12.1 Å². The molecular formula is C16H16N2O4. The lowest BCUT2D eigenvalue weighted by Crippen LogP contribution is -2.28. The zero-order chi connectivity index (χ0) is 15.2. The van der Waals surface area contributed by atoms with Crippen molar-refractivity contribution in [3.63, 3.8) is 0 Å². The fourth-order valence-electron chi connectivity index (χ4n) is 2.05. The summed E-state index contributed by atoms with van der Waals surface area (Å²) >= 11 is 0. The maximum absolute atomic E-state index is 12.2. The minimum Gasteiger partial charge on any atom is -0.487 e. The number of carbonyl (C=O) groups excluding carboxylic acids is 1. The van der Waals surface area contributed by atoms with Crippen LogP contribution in [0.15, 0.2) is 42.6 Å². The van der Waals surface area contributed by atoms with Gasteiger partial charge >= 0.3 is 0 Å². The highest BCUT2D eigenvalue weighted by atomic mass is 16.5. The summed E-state index contributed by atoms with van der Waals surface area (Å²) in [5.41, 5.74) is 0.372. The predicted octanol–water partition coefficient (Wildman–Crippen LogP) is 2.01. The van der Waals surface area contributed by atoms with Crippen LogP contribution in [0.3, 0.4) is 0 Å². The Bertz CT molecular complexity index is 660. The standard InChI is InChI=1S/C16H16N2O4/c19-15-12-4-3-7-18-16(12)22-14-6-2-1-5-13(14)21-11-10-20-9-8-17-15/h1-7H,8-11H2,(H,17,19). The van der Waals surface area contributed by atoms with Gasteiger partial charge in [0.05, 0.1) is 13.2 Å². The zero-order valence-corrected chi connectivity index (χ0v) is 12.0. The summed E-state index contributed by atoms with van der Waals surface area (Å²) in [6.45, 7) is 1.69. The Morgan fingerprint density at radius 1 is 1.00 bits per heavy atom. The quantitative estimate of drug-likeness (QED) is 0.806. The number of carbonyl (C=O) groups is 1. The van der Waals surface area contributed by atoms with Crippen molar-refractivity contribution in [1.82, 2.24) is 10.3 Å². The molecule has 6 heteroatoms. The van der Waals surface area contributed by atoms with Crippen LogP contribution < -0.4 is 14.8 Å². The second-order valence-electron chi connectivity index (χ2n) is 4.62. The van der Waals surface area contributed by atoms with Crippen molar-refractivity contribution in [2.75, 3.05) is 26.4 Å². The lowest BCUT2D eigenvalue weighted by molar-refractivity contribution is 0.0868. The van der Waals surface area contributed by atoms with E-state index in [0.29, 0.717) is 43.4 Å². The summed E-state index contributed by atoms with van der Waals surface area (Å²) in [6.07, 6.45) is 1.58. The van der Waals surface area contributed by atoms with E-state index in [2.05, 4.69) is 10.3 Å². The predicted molar refractivity (Wildman–Crippen MR) is 79.4 cm³/mol. The molecule has 0 spiro atoms. The van der Waals surface area contributed by atoms with Crippen molar-refractivity contribution in [1.29, 1.82) is 0 Å². The van der Waals surface area contributed by atoms with Gasteiger partial charge in [-0.05, 0) is 24.3 Å². The second kappa shape index (κ2) is 6.91. The van der Waals surface area contributed by atoms with E-state index in [4.69, 9.17) is 14.2 Å². The molecule has 1 N–H and O–H groups in total. The molecule has 0 atom stereocenters. The van der Waals surface area contributed by atoms with Gasteiger partial charge in [0.2, 0.25) is 5.88 Å². The van der Waals surface area contributed by atoms with Crippen molar-refractivity contribution in [2.45, 2.75) is 0 Å². The number of benzene rings is 1. The van der Waals surface area contributed by atoms with Gasteiger partial charge in [-0.3, -0.25) is 4.79 Å². The molecule has 1 aliphatic rings. The highest BCUT2D eigenvalue weighted by Crippen LogP contribution is 2.31. The van der Waals surface area contributed by atoms with E-state index in [1.54, 1.807) is 30.5 Å². The smallest absolute Gasteiger partial charge is 0.256 e. The molecule has 3 rings (SSSR count). The van der Waals surface area contributed by atoms with Crippen LogP contribution in [0.2, 0.25) is 0 Å². The number of para-hydroxylation sites is 2. The third kappa shape index (κ3) is 3.35. The summed E-state index contributed by atoms with van der Waals surface area (Å²) in [5.74, 6) is 1.09. The number of nitrogens with one attached hydrogen (secondary N) is 1. The van der Waals surface area contributed by atoms with Crippen LogP contribution in [0, 0.1) is 0 Å². The molecular weight excluding hydrogens is 284 g/mol. The van der Waals surface area contributed by atoms with Crippen LogP contribution in [0.25, 0.3) is 0 Å². The number of hydrogen-bond donors (Lipinski definition) is 1. The Balaban J connectivity index is 1.96. The molecule has 6 nitrogen and oxygen atoms in total. The molecule has 0 saturated carbocycles. The number of nitrogens with zero attached hydrogens (tertiary/aromatic N) is 1. The van der Waals surface area contributed by atoms with Crippen molar-refractivity contribution >= 4 is 5.91 Å². The summed E-state index contributed by atoms with van der Waals surface area (Å²) in [7, 11) is 0. The average molecular weight is 300 g/mol. The average Bonchev–Trinajstić information content (AvgIpc) is 2.56. The van der Waals surface area contributed by atoms with Crippen molar-refractivity contribution in [2.24, 2.45) is 0 Å². The van der Waals surface area contributed by atoms with Crippen LogP contribution in [0.4, 0.5) is 0 Å². The summed E-state index contributed by atoms with van der Waals surface area (Å²) in [6, 6.07) is 10.6. The summed E-state index contributed by atoms with van der Waals surface area (Å²) < 4.78 is 16.9. The van der Waals surface area contributed by atoms with Crippen LogP contribution in [-0.4, -0.2) is 37.3 Å². The van der Waals surface area contributed by atoms with E-state index < -0.39 is 0 Å². The van der Waals surface area contributed by atoms with Gasteiger partial charge < -0.3 is 19.5 Å². The van der Waals surface area contributed by atoms with Gasteiger partial charge in [-0.2, -0.15) is 0 Å². The van der Waals surface area contributed by atoms with Crippen LogP contribution in [0.1, 0.15) is 10.4 Å². The second-order valence-corrected chi connectivity index (χ2v) is 4.62. The van der Waals surface area contributed by atoms with E-state index in [-0.39, 0.29) is 11.8 Å². The van der Waals surface area contributed by atoms with Gasteiger partial charge in [0, 0.05) is 12.7 Å². The van der Waals surface area contributed by atoms with Gasteiger partial charge in [-0.15, -0.1) is 0 Å². The molecule has 0 aliphatic carbocycles. The first-order chi connectivity index (χ1) is 10.8. The monoisotopic (exact) mass is 300 g/mol. The number of fused-ring (bicyclic) bond motifs is 2. The molecule has 22 heavy (non-hydrogen) atoms. The molecule has 0 saturated heterocycles. The molecule has 0 unspecified atom stereocenters. The van der Waals surface area contributed by atoms with E-state index in [0.717, 1.165) is 0 Å². The lowest BCUT2D eigenvalue weighted by atomic mass is 10.2. The Morgan fingerprint density at radius 2 is 1.86 bits per heavy atom. The SMILES string of the molecule is O=C1NCCOCCOc2ccccc2Oc2ncccc21. The van der Waals surface area contributed by atoms with Crippen LogP contribution >= 0.6 is 0 Å². The van der Waals surface area contributed by atoms with Crippen molar-refractivity contribution in [3.05, 3.63) is 48.2 Å². The number of aromatic nitrogens is 1. The summed E-state index contributed by atoms with van der Waals surface area (Å²) in [4.78, 5) is 16.4. The Hall–Kier alpha value is -2.60. The molecule has 1 aromatic heterocycles. The van der Waals surface area contributed by atoms with Gasteiger partial charge in [0.1, 0.15) is 12.2 Å². The topological polar surface area (TPSA) is 69.7 Å². The largest absolute Gasteiger partial charge is 0.487 e. The highest BCUT2D eigenvalue weighted by molar-refractivity contribution is 5.96. The number of amides is 1. The first kappa shape index (κ1) is 14.3. The fourth-order valence-corrected chi connectivity index (χ4v) is 2.05. The Kier molecular flexibility index (Phi) is 4.50. The zero-order valence-electron chi connectivity index (χ0n) is 12.0. The Morgan fingerprint density at radius 3 is 2.77 bits per heavy atom. The van der Waals surface area contributed by atoms with Crippen molar-refractivity contribution < 1.29 is 19.0 Å². The number of rotatable bonds is 0. The van der Waals surface area contributed by atoms with Crippen LogP contribution in [0.5, 0.6) is 17.4 Å². The number of ether oxygens (including phenoxy) is 3. The van der Waals surface area contributed by atoms with E-state index in [9.17, 15) is 4.79 Å². The molecule has 2 aromatic rings. The van der Waals surface area contributed by atoms with Gasteiger partial charge in [0.25, 0.3) is 5.91 Å². The van der Waals surface area contributed by atoms with E-state index >= 15 is 0 Å². The minimum atomic E-state index is -0.246. The fraction of sp³-hybridized carbons (Fsp3) is 0.250. The maximum Gasteiger partial charge on any atom is 0.256 e.